The Morgan fingerprint density at radius 3 is 2.92 bits per heavy atom. The van der Waals surface area contributed by atoms with Crippen LogP contribution in [0.4, 0.5) is 0 Å². The lowest BCUT2D eigenvalue weighted by Gasteiger charge is -2.24. The third kappa shape index (κ3) is 2.33. The molecule has 4 nitrogen and oxygen atoms in total. The van der Waals surface area contributed by atoms with E-state index in [1.807, 2.05) is 42.6 Å². The quantitative estimate of drug-likeness (QED) is 0.455. The summed E-state index contributed by atoms with van der Waals surface area (Å²) in [6, 6.07) is 13.6. The van der Waals surface area contributed by atoms with E-state index >= 15 is 0 Å². The van der Waals surface area contributed by atoms with Gasteiger partial charge in [0, 0.05) is 33.7 Å². The minimum Gasteiger partial charge on any atom is -0.361 e. The van der Waals surface area contributed by atoms with Crippen molar-refractivity contribution in [3.8, 4) is 0 Å². The summed E-state index contributed by atoms with van der Waals surface area (Å²) in [7, 11) is 0. The number of aryl methyl sites for hydroxylation is 1. The maximum Gasteiger partial charge on any atom is 0.252 e. The van der Waals surface area contributed by atoms with Crippen molar-refractivity contribution in [3.63, 3.8) is 0 Å². The van der Waals surface area contributed by atoms with E-state index in [2.05, 4.69) is 21.4 Å². The predicted molar refractivity (Wildman–Crippen MR) is 105 cm³/mol. The number of carbonyl (C=O) groups excluding carboxylic acids is 1. The molecule has 0 spiro atoms. The van der Waals surface area contributed by atoms with Crippen molar-refractivity contribution in [2.45, 2.75) is 25.3 Å². The molecule has 1 aliphatic rings. The third-order valence-corrected chi connectivity index (χ3v) is 5.65. The summed E-state index contributed by atoms with van der Waals surface area (Å²) in [6.45, 7) is 0. The molecular weight excluding hydrogens is 346 g/mol. The van der Waals surface area contributed by atoms with E-state index in [0.29, 0.717) is 5.56 Å². The number of fused-ring (bicyclic) bond motifs is 4. The highest BCUT2D eigenvalue weighted by atomic mass is 35.5. The van der Waals surface area contributed by atoms with Gasteiger partial charge >= 0.3 is 0 Å². The molecule has 0 saturated heterocycles. The lowest BCUT2D eigenvalue weighted by Crippen LogP contribution is -2.31. The lowest BCUT2D eigenvalue weighted by molar-refractivity contribution is 0.0933. The number of H-pyrrole nitrogens is 2. The molecule has 5 heteroatoms. The molecule has 1 aliphatic carbocycles. The molecule has 4 aromatic rings. The molecule has 26 heavy (non-hydrogen) atoms. The fourth-order valence-electron chi connectivity index (χ4n) is 4.12. The predicted octanol–water partition coefficient (Wildman–Crippen LogP) is 5.11. The Hall–Kier alpha value is -2.72. The van der Waals surface area contributed by atoms with Gasteiger partial charge < -0.3 is 15.3 Å². The molecular formula is C21H18ClN3O. The molecule has 1 amide bonds. The van der Waals surface area contributed by atoms with Crippen LogP contribution in [-0.2, 0) is 6.42 Å². The van der Waals surface area contributed by atoms with Gasteiger partial charge in [0.2, 0.25) is 0 Å². The van der Waals surface area contributed by atoms with E-state index < -0.39 is 0 Å². The standard InChI is InChI=1S/C21H18ClN3O/c22-16-7-1-4-13-14-5-2-9-18(20(14)25-19(13)16)24-21(26)15-6-3-8-17-12(15)10-11-23-17/h1,3-4,6-8,10-11,18,23,25H,2,5,9H2,(H,24,26)/t18-/m1/s1. The number of aromatic nitrogens is 2. The minimum atomic E-state index is -0.0437. The number of hydrogen-bond donors (Lipinski definition) is 3. The maximum atomic E-state index is 13.0. The zero-order valence-electron chi connectivity index (χ0n) is 14.1. The van der Waals surface area contributed by atoms with Crippen molar-refractivity contribution in [2.24, 2.45) is 0 Å². The molecule has 1 atom stereocenters. The highest BCUT2D eigenvalue weighted by Crippen LogP contribution is 2.37. The van der Waals surface area contributed by atoms with Gasteiger partial charge in [-0.2, -0.15) is 0 Å². The number of aromatic amines is 2. The van der Waals surface area contributed by atoms with Crippen LogP contribution in [0.5, 0.6) is 0 Å². The molecule has 0 aliphatic heterocycles. The molecule has 3 N–H and O–H groups in total. The second kappa shape index (κ2) is 5.92. The summed E-state index contributed by atoms with van der Waals surface area (Å²) >= 11 is 6.36. The van der Waals surface area contributed by atoms with Crippen LogP contribution in [0.25, 0.3) is 21.8 Å². The number of amides is 1. The average molecular weight is 364 g/mol. The molecule has 2 aromatic carbocycles. The minimum absolute atomic E-state index is 0.0242. The first kappa shape index (κ1) is 15.5. The summed E-state index contributed by atoms with van der Waals surface area (Å²) in [5.41, 5.74) is 5.00. The van der Waals surface area contributed by atoms with Crippen LogP contribution < -0.4 is 5.32 Å². The second-order valence-electron chi connectivity index (χ2n) is 6.84. The molecule has 0 unspecified atom stereocenters. The molecule has 130 valence electrons. The monoisotopic (exact) mass is 363 g/mol. The van der Waals surface area contributed by atoms with Crippen LogP contribution in [0.15, 0.2) is 48.7 Å². The Morgan fingerprint density at radius 1 is 1.12 bits per heavy atom. The van der Waals surface area contributed by atoms with Crippen LogP contribution in [0.1, 0.15) is 40.5 Å². The van der Waals surface area contributed by atoms with Crippen molar-refractivity contribution in [3.05, 3.63) is 70.5 Å². The van der Waals surface area contributed by atoms with Gasteiger partial charge in [0.15, 0.2) is 0 Å². The summed E-state index contributed by atoms with van der Waals surface area (Å²) < 4.78 is 0. The van der Waals surface area contributed by atoms with Gasteiger partial charge in [-0.25, -0.2) is 0 Å². The SMILES string of the molecule is O=C(N[C@@H]1CCCc2c1[nH]c1c(Cl)cccc21)c1cccc2[nH]ccc12. The highest BCUT2D eigenvalue weighted by Gasteiger charge is 2.26. The summed E-state index contributed by atoms with van der Waals surface area (Å²) in [4.78, 5) is 19.6. The maximum absolute atomic E-state index is 13.0. The fraction of sp³-hybridized carbons (Fsp3) is 0.190. The van der Waals surface area contributed by atoms with Gasteiger partial charge in [-0.3, -0.25) is 4.79 Å². The van der Waals surface area contributed by atoms with E-state index in [0.717, 1.165) is 46.4 Å². The summed E-state index contributed by atoms with van der Waals surface area (Å²) in [5, 5.41) is 6.06. The van der Waals surface area contributed by atoms with E-state index in [4.69, 9.17) is 11.6 Å². The Morgan fingerprint density at radius 2 is 2.00 bits per heavy atom. The number of hydrogen-bond acceptors (Lipinski definition) is 1. The van der Waals surface area contributed by atoms with Crippen molar-refractivity contribution < 1.29 is 4.79 Å². The Balaban J connectivity index is 1.53. The Bertz CT molecular complexity index is 1140. The number of para-hydroxylation sites is 1. The van der Waals surface area contributed by atoms with E-state index in [-0.39, 0.29) is 11.9 Å². The van der Waals surface area contributed by atoms with Gasteiger partial charge in [-0.15, -0.1) is 0 Å². The third-order valence-electron chi connectivity index (χ3n) is 5.34. The van der Waals surface area contributed by atoms with Crippen molar-refractivity contribution in [2.75, 3.05) is 0 Å². The zero-order valence-corrected chi connectivity index (χ0v) is 14.9. The van der Waals surface area contributed by atoms with Gasteiger partial charge in [0.05, 0.1) is 16.6 Å². The van der Waals surface area contributed by atoms with Crippen LogP contribution >= 0.6 is 11.6 Å². The first-order valence-electron chi connectivity index (χ1n) is 8.88. The van der Waals surface area contributed by atoms with Crippen LogP contribution in [0.3, 0.4) is 0 Å². The first-order chi connectivity index (χ1) is 12.7. The van der Waals surface area contributed by atoms with Gasteiger partial charge in [0.25, 0.3) is 5.91 Å². The summed E-state index contributed by atoms with van der Waals surface area (Å²) in [5.74, 6) is -0.0437. The number of carbonyl (C=O) groups is 1. The number of rotatable bonds is 2. The smallest absolute Gasteiger partial charge is 0.252 e. The van der Waals surface area contributed by atoms with Gasteiger partial charge in [-0.05, 0) is 49.1 Å². The van der Waals surface area contributed by atoms with E-state index in [9.17, 15) is 4.79 Å². The van der Waals surface area contributed by atoms with Crippen LogP contribution in [-0.4, -0.2) is 15.9 Å². The van der Waals surface area contributed by atoms with E-state index in [1.165, 1.54) is 10.9 Å². The van der Waals surface area contributed by atoms with Crippen molar-refractivity contribution in [1.29, 1.82) is 0 Å². The second-order valence-corrected chi connectivity index (χ2v) is 7.25. The molecule has 2 aromatic heterocycles. The lowest BCUT2D eigenvalue weighted by atomic mass is 9.91. The molecule has 0 saturated carbocycles. The molecule has 2 heterocycles. The molecule has 0 radical (unpaired) electrons. The topological polar surface area (TPSA) is 60.7 Å². The zero-order chi connectivity index (χ0) is 17.7. The van der Waals surface area contributed by atoms with Crippen molar-refractivity contribution in [1.82, 2.24) is 15.3 Å². The number of benzene rings is 2. The van der Waals surface area contributed by atoms with E-state index in [1.54, 1.807) is 0 Å². The largest absolute Gasteiger partial charge is 0.361 e. The van der Waals surface area contributed by atoms with Gasteiger partial charge in [-0.1, -0.05) is 29.8 Å². The molecule has 5 rings (SSSR count). The molecule has 0 fully saturated rings. The van der Waals surface area contributed by atoms with Crippen LogP contribution in [0, 0.1) is 0 Å². The van der Waals surface area contributed by atoms with Crippen LogP contribution in [0.2, 0.25) is 5.02 Å². The number of nitrogens with one attached hydrogen (secondary N) is 3. The van der Waals surface area contributed by atoms with Crippen molar-refractivity contribution >= 4 is 39.3 Å². The fourth-order valence-corrected chi connectivity index (χ4v) is 4.34. The Labute approximate surface area is 155 Å². The van der Waals surface area contributed by atoms with Gasteiger partial charge in [0.1, 0.15) is 0 Å². The first-order valence-corrected chi connectivity index (χ1v) is 9.26. The molecule has 0 bridgehead atoms. The Kier molecular flexibility index (Phi) is 3.54. The highest BCUT2D eigenvalue weighted by molar-refractivity contribution is 6.35. The average Bonchev–Trinajstić information content (AvgIpc) is 3.27. The normalized spacial score (nSPS) is 16.7. The summed E-state index contributed by atoms with van der Waals surface area (Å²) in [6.07, 6.45) is 4.84. The number of halogens is 1.